The third kappa shape index (κ3) is 5.91. The summed E-state index contributed by atoms with van der Waals surface area (Å²) < 4.78 is 0. The molecule has 3 rings (SSSR count). The number of hydrogen-bond acceptors (Lipinski definition) is 3. The topological polar surface area (TPSA) is 61.4 Å². The lowest BCUT2D eigenvalue weighted by Crippen LogP contribution is -2.30. The first-order chi connectivity index (χ1) is 14.9. The second-order valence-electron chi connectivity index (χ2n) is 6.61. The van der Waals surface area contributed by atoms with Crippen molar-refractivity contribution in [2.24, 2.45) is 0 Å². The Hall–Kier alpha value is -2.73. The van der Waals surface area contributed by atoms with Crippen LogP contribution >= 0.6 is 34.8 Å². The maximum absolute atomic E-state index is 13.0. The first-order valence-electron chi connectivity index (χ1n) is 9.54. The van der Waals surface area contributed by atoms with Gasteiger partial charge in [0.15, 0.2) is 0 Å². The molecule has 0 aliphatic carbocycles. The standard InChI is InChI=1S/C23H20Cl3N3O2/c1-2-29(17-9-4-3-5-10-17)23(31)15-7-6-8-16(11-15)28-22(30)14-27-21-13-19(25)18(24)12-20(21)26/h3-13,27H,2,14H2,1H3,(H,28,30). The number of benzene rings is 3. The lowest BCUT2D eigenvalue weighted by Gasteiger charge is -2.21. The van der Waals surface area contributed by atoms with Crippen LogP contribution in [0, 0.1) is 0 Å². The van der Waals surface area contributed by atoms with Crippen molar-refractivity contribution >= 4 is 63.7 Å². The van der Waals surface area contributed by atoms with Crippen molar-refractivity contribution in [3.63, 3.8) is 0 Å². The van der Waals surface area contributed by atoms with Crippen LogP contribution in [0.3, 0.4) is 0 Å². The Bertz CT molecular complexity index is 1090. The molecule has 0 aliphatic rings. The summed E-state index contributed by atoms with van der Waals surface area (Å²) in [5.41, 5.74) is 2.30. The molecule has 31 heavy (non-hydrogen) atoms. The van der Waals surface area contributed by atoms with Gasteiger partial charge >= 0.3 is 0 Å². The highest BCUT2D eigenvalue weighted by Crippen LogP contribution is 2.32. The van der Waals surface area contributed by atoms with Crippen molar-refractivity contribution < 1.29 is 9.59 Å². The van der Waals surface area contributed by atoms with Crippen molar-refractivity contribution in [2.75, 3.05) is 28.6 Å². The Morgan fingerprint density at radius 2 is 1.58 bits per heavy atom. The maximum Gasteiger partial charge on any atom is 0.258 e. The van der Waals surface area contributed by atoms with E-state index in [9.17, 15) is 9.59 Å². The van der Waals surface area contributed by atoms with Gasteiger partial charge in [0, 0.05) is 23.5 Å². The van der Waals surface area contributed by atoms with Crippen LogP contribution in [-0.2, 0) is 4.79 Å². The van der Waals surface area contributed by atoms with E-state index in [2.05, 4.69) is 10.6 Å². The molecular weight excluding hydrogens is 457 g/mol. The fourth-order valence-corrected chi connectivity index (χ4v) is 3.59. The quantitative estimate of drug-likeness (QED) is 0.390. The molecule has 0 fully saturated rings. The SMILES string of the molecule is CCN(C(=O)c1cccc(NC(=O)CNc2cc(Cl)c(Cl)cc2Cl)c1)c1ccccc1. The first kappa shape index (κ1) is 22.9. The predicted octanol–water partition coefficient (Wildman–Crippen LogP) is 6.36. The van der Waals surface area contributed by atoms with E-state index in [-0.39, 0.29) is 18.4 Å². The van der Waals surface area contributed by atoms with Crippen molar-refractivity contribution in [3.8, 4) is 0 Å². The maximum atomic E-state index is 13.0. The molecular formula is C23H20Cl3N3O2. The summed E-state index contributed by atoms with van der Waals surface area (Å²) in [6.45, 7) is 2.39. The third-order valence-corrected chi connectivity index (χ3v) is 5.51. The third-order valence-electron chi connectivity index (χ3n) is 4.47. The van der Waals surface area contributed by atoms with Gasteiger partial charge in [-0.15, -0.1) is 0 Å². The molecule has 0 heterocycles. The van der Waals surface area contributed by atoms with Gasteiger partial charge in [0.05, 0.1) is 27.3 Å². The average molecular weight is 477 g/mol. The first-order valence-corrected chi connectivity index (χ1v) is 10.7. The Morgan fingerprint density at radius 3 is 2.29 bits per heavy atom. The Labute approximate surface area is 195 Å². The van der Waals surface area contributed by atoms with Crippen molar-refractivity contribution in [2.45, 2.75) is 6.92 Å². The molecule has 0 aromatic heterocycles. The number of rotatable bonds is 7. The summed E-state index contributed by atoms with van der Waals surface area (Å²) in [6, 6.07) is 19.3. The number of anilines is 3. The van der Waals surface area contributed by atoms with Crippen molar-refractivity contribution in [1.82, 2.24) is 0 Å². The van der Waals surface area contributed by atoms with E-state index in [4.69, 9.17) is 34.8 Å². The molecule has 0 aliphatic heterocycles. The van der Waals surface area contributed by atoms with Gasteiger partial charge in [0.1, 0.15) is 0 Å². The fraction of sp³-hybridized carbons (Fsp3) is 0.130. The second-order valence-corrected chi connectivity index (χ2v) is 7.84. The minimum Gasteiger partial charge on any atom is -0.375 e. The molecule has 0 saturated heterocycles. The van der Waals surface area contributed by atoms with Crippen LogP contribution < -0.4 is 15.5 Å². The Kier molecular flexibility index (Phi) is 7.80. The number of hydrogen-bond donors (Lipinski definition) is 2. The highest BCUT2D eigenvalue weighted by molar-refractivity contribution is 6.44. The minimum absolute atomic E-state index is 0.0407. The molecule has 2 amide bonds. The number of nitrogens with zero attached hydrogens (tertiary/aromatic N) is 1. The highest BCUT2D eigenvalue weighted by atomic mass is 35.5. The number of carbonyl (C=O) groups is 2. The fourth-order valence-electron chi connectivity index (χ4n) is 2.98. The normalized spacial score (nSPS) is 10.5. The van der Waals surface area contributed by atoms with Crippen LogP contribution in [0.1, 0.15) is 17.3 Å². The zero-order valence-electron chi connectivity index (χ0n) is 16.7. The van der Waals surface area contributed by atoms with E-state index in [1.807, 2.05) is 37.3 Å². The van der Waals surface area contributed by atoms with Crippen molar-refractivity contribution in [1.29, 1.82) is 0 Å². The van der Waals surface area contributed by atoms with E-state index >= 15 is 0 Å². The Morgan fingerprint density at radius 1 is 0.871 bits per heavy atom. The molecule has 0 atom stereocenters. The second kappa shape index (κ2) is 10.5. The predicted molar refractivity (Wildman–Crippen MR) is 129 cm³/mol. The zero-order valence-corrected chi connectivity index (χ0v) is 18.9. The molecule has 2 N–H and O–H groups in total. The van der Waals surface area contributed by atoms with Crippen LogP contribution in [0.15, 0.2) is 66.7 Å². The number of carbonyl (C=O) groups excluding carboxylic acids is 2. The number of nitrogens with one attached hydrogen (secondary N) is 2. The van der Waals surface area contributed by atoms with E-state index in [0.717, 1.165) is 5.69 Å². The van der Waals surface area contributed by atoms with Gasteiger partial charge in [-0.3, -0.25) is 9.59 Å². The molecule has 0 radical (unpaired) electrons. The van der Waals surface area contributed by atoms with Gasteiger partial charge < -0.3 is 15.5 Å². The Balaban J connectivity index is 1.67. The van der Waals surface area contributed by atoms with Crippen molar-refractivity contribution in [3.05, 3.63) is 87.4 Å². The van der Waals surface area contributed by atoms with E-state index in [1.165, 1.54) is 6.07 Å². The number of halogens is 3. The summed E-state index contributed by atoms with van der Waals surface area (Å²) in [6.07, 6.45) is 0. The molecule has 0 bridgehead atoms. The summed E-state index contributed by atoms with van der Waals surface area (Å²) in [4.78, 5) is 27.0. The van der Waals surface area contributed by atoms with Gasteiger partial charge in [-0.25, -0.2) is 0 Å². The van der Waals surface area contributed by atoms with Gasteiger partial charge in [-0.1, -0.05) is 59.1 Å². The van der Waals surface area contributed by atoms with Gasteiger partial charge in [0.25, 0.3) is 5.91 Å². The van der Waals surface area contributed by atoms with Crippen LogP contribution in [0.4, 0.5) is 17.1 Å². The van der Waals surface area contributed by atoms with E-state index in [1.54, 1.807) is 35.2 Å². The van der Waals surface area contributed by atoms with Gasteiger partial charge in [-0.2, -0.15) is 0 Å². The molecule has 3 aromatic rings. The van der Waals surface area contributed by atoms with E-state index < -0.39 is 0 Å². The molecule has 0 unspecified atom stereocenters. The summed E-state index contributed by atoms with van der Waals surface area (Å²) in [5, 5.41) is 6.72. The van der Waals surface area contributed by atoms with Crippen LogP contribution in [-0.4, -0.2) is 24.9 Å². The zero-order chi connectivity index (χ0) is 22.4. The average Bonchev–Trinajstić information content (AvgIpc) is 2.76. The molecule has 5 nitrogen and oxygen atoms in total. The monoisotopic (exact) mass is 475 g/mol. The van der Waals surface area contributed by atoms with Crippen LogP contribution in [0.2, 0.25) is 15.1 Å². The number of amides is 2. The largest absolute Gasteiger partial charge is 0.375 e. The molecule has 160 valence electrons. The molecule has 0 saturated carbocycles. The van der Waals surface area contributed by atoms with Gasteiger partial charge in [-0.05, 0) is 49.4 Å². The minimum atomic E-state index is -0.304. The summed E-state index contributed by atoms with van der Waals surface area (Å²) in [5.74, 6) is -0.451. The van der Waals surface area contributed by atoms with Gasteiger partial charge in [0.2, 0.25) is 5.91 Å². The van der Waals surface area contributed by atoms with Crippen LogP contribution in [0.25, 0.3) is 0 Å². The summed E-state index contributed by atoms with van der Waals surface area (Å²) in [7, 11) is 0. The smallest absolute Gasteiger partial charge is 0.258 e. The van der Waals surface area contributed by atoms with E-state index in [0.29, 0.717) is 38.6 Å². The summed E-state index contributed by atoms with van der Waals surface area (Å²) >= 11 is 18.0. The molecule has 8 heteroatoms. The number of para-hydroxylation sites is 1. The molecule has 3 aromatic carbocycles. The lowest BCUT2D eigenvalue weighted by molar-refractivity contribution is -0.114. The molecule has 0 spiro atoms. The lowest BCUT2D eigenvalue weighted by atomic mass is 10.1. The highest BCUT2D eigenvalue weighted by Gasteiger charge is 2.16. The van der Waals surface area contributed by atoms with Crippen LogP contribution in [0.5, 0.6) is 0 Å².